The summed E-state index contributed by atoms with van der Waals surface area (Å²) in [5, 5.41) is 2.97. The molecule has 182 valence electrons. The van der Waals surface area contributed by atoms with E-state index in [1.165, 1.54) is 18.3 Å². The smallest absolute Gasteiger partial charge is 0.253 e. The van der Waals surface area contributed by atoms with Gasteiger partial charge in [-0.2, -0.15) is 0 Å². The monoisotopic (exact) mass is 468 g/mol. The zero-order valence-electron chi connectivity index (χ0n) is 19.7. The number of nitrogens with zero attached hydrogens (tertiary/aromatic N) is 3. The van der Waals surface area contributed by atoms with Crippen LogP contribution in [0.2, 0.25) is 0 Å². The van der Waals surface area contributed by atoms with Crippen LogP contribution >= 0.6 is 0 Å². The Bertz CT molecular complexity index is 944. The molecule has 1 fully saturated rings. The number of hydrogen-bond acceptors (Lipinski definition) is 5. The van der Waals surface area contributed by atoms with Gasteiger partial charge in [0, 0.05) is 52.2 Å². The molecule has 0 bridgehead atoms. The number of pyridine rings is 1. The molecule has 7 nitrogen and oxygen atoms in total. The quantitative estimate of drug-likeness (QED) is 0.514. The van der Waals surface area contributed by atoms with Crippen molar-refractivity contribution in [2.24, 2.45) is 0 Å². The van der Waals surface area contributed by atoms with E-state index in [9.17, 15) is 14.0 Å². The number of hydrogen-bond donors (Lipinski definition) is 1. The maximum absolute atomic E-state index is 13.2. The number of rotatable bonds is 11. The van der Waals surface area contributed by atoms with Gasteiger partial charge in [-0.05, 0) is 42.7 Å². The molecule has 8 heteroatoms. The molecule has 34 heavy (non-hydrogen) atoms. The third kappa shape index (κ3) is 7.74. The summed E-state index contributed by atoms with van der Waals surface area (Å²) in [6.07, 6.45) is 4.46. The maximum atomic E-state index is 13.2. The van der Waals surface area contributed by atoms with Gasteiger partial charge in [-0.3, -0.25) is 19.5 Å². The van der Waals surface area contributed by atoms with Crippen LogP contribution in [0, 0.1) is 5.82 Å². The Hall–Kier alpha value is -3.10. The molecule has 0 spiro atoms. The van der Waals surface area contributed by atoms with Gasteiger partial charge in [-0.25, -0.2) is 4.39 Å². The molecule has 1 aliphatic heterocycles. The van der Waals surface area contributed by atoms with Gasteiger partial charge in [-0.15, -0.1) is 0 Å². The van der Waals surface area contributed by atoms with Crippen LogP contribution in [0.25, 0.3) is 0 Å². The number of ether oxygens (including phenoxy) is 1. The van der Waals surface area contributed by atoms with Crippen LogP contribution in [-0.2, 0) is 16.0 Å². The van der Waals surface area contributed by atoms with Gasteiger partial charge in [-0.1, -0.05) is 24.3 Å². The summed E-state index contributed by atoms with van der Waals surface area (Å²) >= 11 is 0. The van der Waals surface area contributed by atoms with E-state index in [0.717, 1.165) is 30.8 Å². The highest BCUT2D eigenvalue weighted by Gasteiger charge is 2.26. The van der Waals surface area contributed by atoms with E-state index in [1.54, 1.807) is 37.6 Å². The standard InChI is InChI=1S/C26H33FN4O3/c1-20(5-6-21-7-9-23(27)10-8-21)24(29-26(33)22-4-3-11-28-19-22)18-25(32)31-14-12-30(13-15-31)16-17-34-2/h3-4,7-11,19,24H,1,5-6,12-18H2,2H3,(H,29,33). The molecule has 1 aromatic heterocycles. The van der Waals surface area contributed by atoms with Gasteiger partial charge in [0.1, 0.15) is 5.82 Å². The minimum Gasteiger partial charge on any atom is -0.383 e. The van der Waals surface area contributed by atoms with Crippen LogP contribution in [0.4, 0.5) is 4.39 Å². The van der Waals surface area contributed by atoms with Gasteiger partial charge >= 0.3 is 0 Å². The first-order chi connectivity index (χ1) is 16.5. The van der Waals surface area contributed by atoms with Crippen molar-refractivity contribution >= 4 is 11.8 Å². The number of nitrogens with one attached hydrogen (secondary N) is 1. The zero-order chi connectivity index (χ0) is 24.3. The highest BCUT2D eigenvalue weighted by Crippen LogP contribution is 2.17. The second-order valence-electron chi connectivity index (χ2n) is 8.47. The summed E-state index contributed by atoms with van der Waals surface area (Å²) in [5.74, 6) is -0.582. The lowest BCUT2D eigenvalue weighted by atomic mass is 9.97. The molecule has 0 aliphatic carbocycles. The van der Waals surface area contributed by atoms with Crippen molar-refractivity contribution < 1.29 is 18.7 Å². The molecule has 0 radical (unpaired) electrons. The summed E-state index contributed by atoms with van der Waals surface area (Å²) in [7, 11) is 1.68. The number of methoxy groups -OCH3 is 1. The van der Waals surface area contributed by atoms with E-state index >= 15 is 0 Å². The molecule has 1 atom stereocenters. The molecular weight excluding hydrogens is 435 g/mol. The second kappa shape index (κ2) is 13.0. The van der Waals surface area contributed by atoms with Gasteiger partial charge in [0.05, 0.1) is 24.6 Å². The van der Waals surface area contributed by atoms with Gasteiger partial charge in [0.15, 0.2) is 0 Å². The number of benzene rings is 1. The van der Waals surface area contributed by atoms with Crippen LogP contribution < -0.4 is 5.32 Å². The van der Waals surface area contributed by atoms with Crippen molar-refractivity contribution in [3.05, 3.63) is 77.9 Å². The highest BCUT2D eigenvalue weighted by atomic mass is 19.1. The van der Waals surface area contributed by atoms with Crippen molar-refractivity contribution in [2.45, 2.75) is 25.3 Å². The zero-order valence-corrected chi connectivity index (χ0v) is 19.7. The van der Waals surface area contributed by atoms with E-state index in [0.29, 0.717) is 38.1 Å². The molecule has 1 unspecified atom stereocenters. The van der Waals surface area contributed by atoms with Gasteiger partial charge in [0.2, 0.25) is 5.91 Å². The number of halogens is 1. The van der Waals surface area contributed by atoms with Gasteiger partial charge < -0.3 is 15.0 Å². The Labute approximate surface area is 200 Å². The number of aryl methyl sites for hydroxylation is 1. The molecule has 0 saturated carbocycles. The lowest BCUT2D eigenvalue weighted by molar-refractivity contribution is -0.133. The number of carbonyl (C=O) groups excluding carboxylic acids is 2. The van der Waals surface area contributed by atoms with E-state index in [1.807, 2.05) is 4.90 Å². The van der Waals surface area contributed by atoms with Crippen LogP contribution in [0.15, 0.2) is 60.9 Å². The summed E-state index contributed by atoms with van der Waals surface area (Å²) in [4.78, 5) is 34.0. The molecule has 1 aliphatic rings. The number of piperazine rings is 1. The molecule has 1 N–H and O–H groups in total. The number of carbonyl (C=O) groups is 2. The molecule has 2 amide bonds. The highest BCUT2D eigenvalue weighted by molar-refractivity contribution is 5.94. The Balaban J connectivity index is 1.62. The lowest BCUT2D eigenvalue weighted by Gasteiger charge is -2.35. The van der Waals surface area contributed by atoms with E-state index in [2.05, 4.69) is 21.8 Å². The minimum atomic E-state index is -0.507. The fourth-order valence-corrected chi connectivity index (χ4v) is 3.91. The summed E-state index contributed by atoms with van der Waals surface area (Å²) < 4.78 is 18.3. The summed E-state index contributed by atoms with van der Waals surface area (Å²) in [5.41, 5.74) is 2.16. The first kappa shape index (κ1) is 25.5. The van der Waals surface area contributed by atoms with E-state index in [-0.39, 0.29) is 24.1 Å². The van der Waals surface area contributed by atoms with E-state index in [4.69, 9.17) is 4.74 Å². The molecule has 2 heterocycles. The van der Waals surface area contributed by atoms with Crippen molar-refractivity contribution in [3.8, 4) is 0 Å². The van der Waals surface area contributed by atoms with Crippen molar-refractivity contribution in [1.82, 2.24) is 20.1 Å². The molecule has 1 saturated heterocycles. The first-order valence-electron chi connectivity index (χ1n) is 11.6. The second-order valence-corrected chi connectivity index (χ2v) is 8.47. The predicted molar refractivity (Wildman–Crippen MR) is 129 cm³/mol. The lowest BCUT2D eigenvalue weighted by Crippen LogP contribution is -2.51. The molecule has 2 aromatic rings. The summed E-state index contributed by atoms with van der Waals surface area (Å²) in [6.45, 7) is 8.59. The van der Waals surface area contributed by atoms with Crippen LogP contribution in [0.5, 0.6) is 0 Å². The number of amides is 2. The molecular formula is C26H33FN4O3. The van der Waals surface area contributed by atoms with Gasteiger partial charge in [0.25, 0.3) is 5.91 Å². The average Bonchev–Trinajstić information content (AvgIpc) is 2.87. The first-order valence-corrected chi connectivity index (χ1v) is 11.6. The Morgan fingerprint density at radius 2 is 1.91 bits per heavy atom. The van der Waals surface area contributed by atoms with Crippen molar-refractivity contribution in [3.63, 3.8) is 0 Å². The van der Waals surface area contributed by atoms with Crippen LogP contribution in [-0.4, -0.2) is 79.1 Å². The normalized spacial score (nSPS) is 15.1. The third-order valence-electron chi connectivity index (χ3n) is 6.09. The largest absolute Gasteiger partial charge is 0.383 e. The Morgan fingerprint density at radius 3 is 2.56 bits per heavy atom. The van der Waals surface area contributed by atoms with Crippen LogP contribution in [0.1, 0.15) is 28.8 Å². The van der Waals surface area contributed by atoms with Crippen molar-refractivity contribution in [2.75, 3.05) is 46.4 Å². The SMILES string of the molecule is C=C(CCc1ccc(F)cc1)C(CC(=O)N1CCN(CCOC)CC1)NC(=O)c1cccnc1. The topological polar surface area (TPSA) is 74.8 Å². The average molecular weight is 469 g/mol. The number of aromatic nitrogens is 1. The third-order valence-corrected chi connectivity index (χ3v) is 6.09. The predicted octanol–water partition coefficient (Wildman–Crippen LogP) is 2.69. The summed E-state index contributed by atoms with van der Waals surface area (Å²) in [6, 6.07) is 9.20. The van der Waals surface area contributed by atoms with E-state index < -0.39 is 6.04 Å². The fourth-order valence-electron chi connectivity index (χ4n) is 3.91. The maximum Gasteiger partial charge on any atom is 0.253 e. The van der Waals surface area contributed by atoms with Crippen LogP contribution in [0.3, 0.4) is 0 Å². The Kier molecular flexibility index (Phi) is 9.73. The Morgan fingerprint density at radius 1 is 1.18 bits per heavy atom. The fraction of sp³-hybridized carbons (Fsp3) is 0.423. The molecule has 1 aromatic carbocycles. The molecule has 3 rings (SSSR count). The van der Waals surface area contributed by atoms with Crippen molar-refractivity contribution in [1.29, 1.82) is 0 Å². The minimum absolute atomic E-state index is 0.00851.